The number of aryl methyl sites for hydroxylation is 1. The number of sulfone groups is 1. The SMILES string of the molecule is COC(=O)C(=CNc1ccccn1)S(=O)(=O)c1ccc(C)cc1. The van der Waals surface area contributed by atoms with Crippen molar-refractivity contribution in [3.05, 3.63) is 65.3 Å². The first-order chi connectivity index (χ1) is 10.9. The minimum absolute atomic E-state index is 0.0163. The standard InChI is InChI=1S/C16H16N2O4S/c1-12-6-8-13(9-7-12)23(20,21)14(16(19)22-2)11-18-15-5-3-4-10-17-15/h3-11H,1-2H3,(H,17,18). The molecular weight excluding hydrogens is 316 g/mol. The molecule has 0 atom stereocenters. The van der Waals surface area contributed by atoms with Crippen LogP contribution in [-0.2, 0) is 19.4 Å². The highest BCUT2D eigenvalue weighted by Gasteiger charge is 2.28. The van der Waals surface area contributed by atoms with Gasteiger partial charge in [-0.2, -0.15) is 0 Å². The van der Waals surface area contributed by atoms with Crippen LogP contribution in [0.4, 0.5) is 5.82 Å². The van der Waals surface area contributed by atoms with Crippen LogP contribution in [0.1, 0.15) is 5.56 Å². The Labute approximate surface area is 134 Å². The molecule has 23 heavy (non-hydrogen) atoms. The van der Waals surface area contributed by atoms with Crippen LogP contribution >= 0.6 is 0 Å². The molecule has 0 spiro atoms. The first-order valence-electron chi connectivity index (χ1n) is 6.73. The minimum atomic E-state index is -4.00. The van der Waals surface area contributed by atoms with Gasteiger partial charge in [-0.25, -0.2) is 18.2 Å². The summed E-state index contributed by atoms with van der Waals surface area (Å²) in [6, 6.07) is 11.3. The average molecular weight is 332 g/mol. The number of hydrogen-bond donors (Lipinski definition) is 1. The van der Waals surface area contributed by atoms with E-state index in [1.165, 1.54) is 12.1 Å². The molecule has 0 radical (unpaired) electrons. The molecule has 6 nitrogen and oxygen atoms in total. The zero-order valence-electron chi connectivity index (χ0n) is 12.7. The Bertz CT molecular complexity index is 813. The first-order valence-corrected chi connectivity index (χ1v) is 8.21. The van der Waals surface area contributed by atoms with Gasteiger partial charge >= 0.3 is 5.97 Å². The lowest BCUT2D eigenvalue weighted by Gasteiger charge is -2.08. The molecule has 1 N–H and O–H groups in total. The fourth-order valence-corrected chi connectivity index (χ4v) is 3.04. The number of nitrogens with one attached hydrogen (secondary N) is 1. The zero-order valence-corrected chi connectivity index (χ0v) is 13.5. The zero-order chi connectivity index (χ0) is 16.9. The Balaban J connectivity index is 2.41. The smallest absolute Gasteiger partial charge is 0.351 e. The van der Waals surface area contributed by atoms with Crippen LogP contribution in [0.15, 0.2) is 64.7 Å². The van der Waals surface area contributed by atoms with Gasteiger partial charge in [0.25, 0.3) is 0 Å². The Morgan fingerprint density at radius 2 is 1.87 bits per heavy atom. The summed E-state index contributed by atoms with van der Waals surface area (Å²) in [6.45, 7) is 1.84. The molecule has 0 bridgehead atoms. The maximum Gasteiger partial charge on any atom is 0.351 e. The number of carbonyl (C=O) groups is 1. The molecule has 7 heteroatoms. The third kappa shape index (κ3) is 3.95. The number of aromatic nitrogens is 1. The number of hydrogen-bond acceptors (Lipinski definition) is 6. The molecule has 0 saturated heterocycles. The number of pyridine rings is 1. The van der Waals surface area contributed by atoms with E-state index in [1.54, 1.807) is 36.5 Å². The van der Waals surface area contributed by atoms with Crippen molar-refractivity contribution >= 4 is 21.6 Å². The van der Waals surface area contributed by atoms with E-state index in [9.17, 15) is 13.2 Å². The quantitative estimate of drug-likeness (QED) is 0.668. The summed E-state index contributed by atoms with van der Waals surface area (Å²) >= 11 is 0. The second-order valence-corrected chi connectivity index (χ2v) is 6.59. The van der Waals surface area contributed by atoms with Crippen LogP contribution in [0.5, 0.6) is 0 Å². The number of rotatable bonds is 5. The largest absolute Gasteiger partial charge is 0.465 e. The number of nitrogens with zero attached hydrogens (tertiary/aromatic N) is 1. The van der Waals surface area contributed by atoms with E-state index in [1.807, 2.05) is 6.92 Å². The second kappa shape index (κ2) is 7.06. The third-order valence-corrected chi connectivity index (χ3v) is 4.78. The fourth-order valence-electron chi connectivity index (χ4n) is 1.78. The highest BCUT2D eigenvalue weighted by atomic mass is 32.2. The number of ether oxygens (including phenoxy) is 1. The summed E-state index contributed by atoms with van der Waals surface area (Å²) in [5.41, 5.74) is 0.916. The number of benzene rings is 1. The normalized spacial score (nSPS) is 11.8. The van der Waals surface area contributed by atoms with E-state index < -0.39 is 20.7 Å². The molecule has 0 amide bonds. The van der Waals surface area contributed by atoms with Crippen molar-refractivity contribution in [1.82, 2.24) is 4.98 Å². The second-order valence-electron chi connectivity index (χ2n) is 4.68. The summed E-state index contributed by atoms with van der Waals surface area (Å²) in [5, 5.41) is 2.69. The van der Waals surface area contributed by atoms with Crippen LogP contribution in [0.2, 0.25) is 0 Å². The highest BCUT2D eigenvalue weighted by molar-refractivity contribution is 7.96. The molecule has 0 aliphatic carbocycles. The van der Waals surface area contributed by atoms with Gasteiger partial charge in [-0.3, -0.25) is 0 Å². The van der Waals surface area contributed by atoms with Crippen LogP contribution in [0.25, 0.3) is 0 Å². The van der Waals surface area contributed by atoms with Gasteiger partial charge in [-0.05, 0) is 31.2 Å². The summed E-state index contributed by atoms with van der Waals surface area (Å²) in [6.07, 6.45) is 2.63. The monoisotopic (exact) mass is 332 g/mol. The Kier molecular flexibility index (Phi) is 5.13. The lowest BCUT2D eigenvalue weighted by atomic mass is 10.2. The third-order valence-electron chi connectivity index (χ3n) is 3.02. The number of methoxy groups -OCH3 is 1. The molecule has 1 heterocycles. The van der Waals surface area contributed by atoms with Crippen molar-refractivity contribution < 1.29 is 17.9 Å². The van der Waals surface area contributed by atoms with Gasteiger partial charge < -0.3 is 10.1 Å². The van der Waals surface area contributed by atoms with Crippen LogP contribution < -0.4 is 5.32 Å². The number of esters is 1. The van der Waals surface area contributed by atoms with Crippen molar-refractivity contribution in [3.8, 4) is 0 Å². The molecule has 120 valence electrons. The maximum atomic E-state index is 12.6. The van der Waals surface area contributed by atoms with Crippen LogP contribution in [0, 0.1) is 6.92 Å². The minimum Gasteiger partial charge on any atom is -0.465 e. The molecule has 0 aliphatic heterocycles. The van der Waals surface area contributed by atoms with Gasteiger partial charge in [-0.15, -0.1) is 0 Å². The van der Waals surface area contributed by atoms with Crippen molar-refractivity contribution in [2.24, 2.45) is 0 Å². The molecule has 2 aromatic rings. The topological polar surface area (TPSA) is 85.4 Å². The lowest BCUT2D eigenvalue weighted by Crippen LogP contribution is -2.17. The van der Waals surface area contributed by atoms with E-state index >= 15 is 0 Å². The van der Waals surface area contributed by atoms with E-state index in [0.29, 0.717) is 5.82 Å². The van der Waals surface area contributed by atoms with Crippen molar-refractivity contribution in [2.75, 3.05) is 12.4 Å². The van der Waals surface area contributed by atoms with E-state index in [-0.39, 0.29) is 4.90 Å². The Morgan fingerprint density at radius 1 is 1.17 bits per heavy atom. The van der Waals surface area contributed by atoms with E-state index in [4.69, 9.17) is 0 Å². The van der Waals surface area contributed by atoms with Crippen molar-refractivity contribution in [1.29, 1.82) is 0 Å². The summed E-state index contributed by atoms with van der Waals surface area (Å²) < 4.78 is 29.9. The van der Waals surface area contributed by atoms with Gasteiger partial charge in [0.2, 0.25) is 9.84 Å². The molecule has 0 saturated carbocycles. The average Bonchev–Trinajstić information content (AvgIpc) is 2.56. The predicted octanol–water partition coefficient (Wildman–Crippen LogP) is 2.29. The summed E-state index contributed by atoms with van der Waals surface area (Å²) in [7, 11) is -2.88. The fraction of sp³-hybridized carbons (Fsp3) is 0.125. The van der Waals surface area contributed by atoms with Crippen molar-refractivity contribution in [3.63, 3.8) is 0 Å². The maximum absolute atomic E-state index is 12.6. The molecule has 1 aromatic heterocycles. The first kappa shape index (κ1) is 16.7. The Morgan fingerprint density at radius 3 is 2.43 bits per heavy atom. The molecule has 0 aliphatic rings. The molecule has 1 aromatic carbocycles. The van der Waals surface area contributed by atoms with Crippen molar-refractivity contribution in [2.45, 2.75) is 11.8 Å². The van der Waals surface area contributed by atoms with E-state index in [2.05, 4.69) is 15.0 Å². The molecule has 0 unspecified atom stereocenters. The highest BCUT2D eigenvalue weighted by Crippen LogP contribution is 2.21. The van der Waals surface area contributed by atoms with Crippen LogP contribution in [-0.4, -0.2) is 26.5 Å². The molecule has 0 fully saturated rings. The lowest BCUT2D eigenvalue weighted by molar-refractivity contribution is -0.135. The van der Waals surface area contributed by atoms with E-state index in [0.717, 1.165) is 18.9 Å². The van der Waals surface area contributed by atoms with Crippen LogP contribution in [0.3, 0.4) is 0 Å². The summed E-state index contributed by atoms with van der Waals surface area (Å²) in [5.74, 6) is -0.540. The van der Waals surface area contributed by atoms with Gasteiger partial charge in [0, 0.05) is 12.4 Å². The van der Waals surface area contributed by atoms with Gasteiger partial charge in [-0.1, -0.05) is 23.8 Å². The van der Waals surface area contributed by atoms with Gasteiger partial charge in [0.1, 0.15) is 5.82 Å². The number of carbonyl (C=O) groups excluding carboxylic acids is 1. The molecular formula is C16H16N2O4S. The summed E-state index contributed by atoms with van der Waals surface area (Å²) in [4.78, 5) is 15.4. The van der Waals surface area contributed by atoms with Gasteiger partial charge in [0.15, 0.2) is 4.91 Å². The number of anilines is 1. The Hall–Kier alpha value is -2.67. The predicted molar refractivity (Wildman–Crippen MR) is 86.3 cm³/mol. The molecule has 2 rings (SSSR count). The van der Waals surface area contributed by atoms with Gasteiger partial charge in [0.05, 0.1) is 12.0 Å².